The molecule has 0 spiro atoms. The molecule has 0 radical (unpaired) electrons. The lowest BCUT2D eigenvalue weighted by molar-refractivity contribution is -0.130. The average molecular weight is 429 g/mol. The van der Waals surface area contributed by atoms with E-state index >= 15 is 0 Å². The molecule has 0 bridgehead atoms. The van der Waals surface area contributed by atoms with Crippen LogP contribution in [0, 0.1) is 0 Å². The van der Waals surface area contributed by atoms with Crippen LogP contribution >= 0.6 is 0 Å². The normalized spacial score (nSPS) is 19.1. The number of imide groups is 1. The van der Waals surface area contributed by atoms with Crippen LogP contribution in [0.25, 0.3) is 0 Å². The van der Waals surface area contributed by atoms with Crippen molar-refractivity contribution in [2.24, 2.45) is 0 Å². The van der Waals surface area contributed by atoms with E-state index in [1.807, 2.05) is 12.1 Å². The van der Waals surface area contributed by atoms with Crippen molar-refractivity contribution in [3.8, 4) is 0 Å². The molecule has 1 N–H and O–H groups in total. The molecule has 1 heterocycles. The van der Waals surface area contributed by atoms with Crippen molar-refractivity contribution < 1.29 is 22.8 Å². The SMILES string of the molecule is CCCc1ccc(C(=O)CN2C(=O)N[C@](C)(c3ccc(S(C)(=O)=O)cc3)C2=O)cc1. The van der Waals surface area contributed by atoms with Gasteiger partial charge >= 0.3 is 6.03 Å². The van der Waals surface area contributed by atoms with E-state index in [4.69, 9.17) is 0 Å². The van der Waals surface area contributed by atoms with Crippen LogP contribution in [0.15, 0.2) is 53.4 Å². The maximum absolute atomic E-state index is 13.0. The van der Waals surface area contributed by atoms with Crippen LogP contribution in [0.1, 0.15) is 41.8 Å². The van der Waals surface area contributed by atoms with Crippen LogP contribution in [0.5, 0.6) is 0 Å². The van der Waals surface area contributed by atoms with E-state index in [-0.39, 0.29) is 17.2 Å². The Morgan fingerprint density at radius 1 is 1.03 bits per heavy atom. The van der Waals surface area contributed by atoms with Crippen LogP contribution in [0.2, 0.25) is 0 Å². The van der Waals surface area contributed by atoms with E-state index in [9.17, 15) is 22.8 Å². The lowest BCUT2D eigenvalue weighted by Gasteiger charge is -2.22. The van der Waals surface area contributed by atoms with Gasteiger partial charge in [-0.25, -0.2) is 13.2 Å². The molecule has 8 heteroatoms. The number of urea groups is 1. The van der Waals surface area contributed by atoms with Gasteiger partial charge in [-0.3, -0.25) is 14.5 Å². The van der Waals surface area contributed by atoms with Gasteiger partial charge in [-0.1, -0.05) is 49.7 Å². The van der Waals surface area contributed by atoms with Gasteiger partial charge in [0.1, 0.15) is 5.54 Å². The van der Waals surface area contributed by atoms with Crippen LogP contribution in [-0.4, -0.2) is 43.8 Å². The topological polar surface area (TPSA) is 101 Å². The van der Waals surface area contributed by atoms with Crippen molar-refractivity contribution in [1.29, 1.82) is 0 Å². The smallest absolute Gasteiger partial charge is 0.319 e. The Balaban J connectivity index is 1.79. The molecule has 2 aromatic carbocycles. The number of hydrogen-bond acceptors (Lipinski definition) is 5. The summed E-state index contributed by atoms with van der Waals surface area (Å²) in [7, 11) is -3.38. The third-order valence-electron chi connectivity index (χ3n) is 5.25. The summed E-state index contributed by atoms with van der Waals surface area (Å²) < 4.78 is 23.3. The molecule has 1 fully saturated rings. The second-order valence-electron chi connectivity index (χ2n) is 7.61. The summed E-state index contributed by atoms with van der Waals surface area (Å²) in [5.41, 5.74) is 0.612. The standard InChI is InChI=1S/C22H24N2O5S/c1-4-5-15-6-8-16(9-7-15)19(25)14-24-20(26)22(2,23-21(24)27)17-10-12-18(13-11-17)30(3,28)29/h6-13H,4-5,14H2,1-3H3,(H,23,27)/t22-/m1/s1. The number of sulfone groups is 1. The Hall–Kier alpha value is -3.00. The molecule has 7 nitrogen and oxygen atoms in total. The number of Topliss-reactive ketones (excluding diaryl/α,β-unsaturated/α-hetero) is 1. The highest BCUT2D eigenvalue weighted by Gasteiger charge is 2.49. The van der Waals surface area contributed by atoms with Gasteiger partial charge in [0.05, 0.1) is 11.4 Å². The van der Waals surface area contributed by atoms with Gasteiger partial charge in [0.15, 0.2) is 15.6 Å². The van der Waals surface area contributed by atoms with E-state index in [2.05, 4.69) is 12.2 Å². The molecule has 0 aromatic heterocycles. The number of rotatable bonds is 7. The minimum atomic E-state index is -3.38. The summed E-state index contributed by atoms with van der Waals surface area (Å²) in [6, 6.07) is 12.3. The van der Waals surface area contributed by atoms with Crippen molar-refractivity contribution in [2.75, 3.05) is 12.8 Å². The van der Waals surface area contributed by atoms with Gasteiger partial charge in [0.25, 0.3) is 5.91 Å². The molecule has 0 saturated carbocycles. The molecular weight excluding hydrogens is 404 g/mol. The fraction of sp³-hybridized carbons (Fsp3) is 0.318. The van der Waals surface area contributed by atoms with Crippen molar-refractivity contribution >= 4 is 27.6 Å². The fourth-order valence-electron chi connectivity index (χ4n) is 3.45. The number of ketones is 1. The first-order valence-corrected chi connectivity index (χ1v) is 11.5. The van der Waals surface area contributed by atoms with Crippen LogP contribution in [0.4, 0.5) is 4.79 Å². The first-order valence-electron chi connectivity index (χ1n) is 9.63. The predicted molar refractivity (Wildman–Crippen MR) is 112 cm³/mol. The van der Waals surface area contributed by atoms with Crippen LogP contribution in [0.3, 0.4) is 0 Å². The van der Waals surface area contributed by atoms with Gasteiger partial charge in [0, 0.05) is 11.8 Å². The minimum absolute atomic E-state index is 0.116. The van der Waals surface area contributed by atoms with Gasteiger partial charge in [-0.05, 0) is 36.6 Å². The van der Waals surface area contributed by atoms with E-state index in [0.717, 1.165) is 29.6 Å². The fourth-order valence-corrected chi connectivity index (χ4v) is 4.08. The molecule has 0 unspecified atom stereocenters. The highest BCUT2D eigenvalue weighted by atomic mass is 32.2. The maximum atomic E-state index is 13.0. The molecule has 30 heavy (non-hydrogen) atoms. The molecule has 2 aromatic rings. The Morgan fingerprint density at radius 3 is 2.17 bits per heavy atom. The largest absolute Gasteiger partial charge is 0.325 e. The summed E-state index contributed by atoms with van der Waals surface area (Å²) >= 11 is 0. The van der Waals surface area contributed by atoms with E-state index in [0.29, 0.717) is 11.1 Å². The first-order chi connectivity index (χ1) is 14.1. The van der Waals surface area contributed by atoms with Crippen LogP contribution < -0.4 is 5.32 Å². The third-order valence-corrected chi connectivity index (χ3v) is 6.38. The van der Waals surface area contributed by atoms with Gasteiger partial charge in [0.2, 0.25) is 0 Å². The number of amides is 3. The Labute approximate surface area is 176 Å². The zero-order valence-electron chi connectivity index (χ0n) is 17.1. The zero-order chi connectivity index (χ0) is 22.1. The first kappa shape index (κ1) is 21.7. The number of carbonyl (C=O) groups excluding carboxylic acids is 3. The van der Waals surface area contributed by atoms with Crippen molar-refractivity contribution in [3.63, 3.8) is 0 Å². The minimum Gasteiger partial charge on any atom is -0.319 e. The molecule has 1 saturated heterocycles. The Morgan fingerprint density at radius 2 is 1.63 bits per heavy atom. The number of hydrogen-bond donors (Lipinski definition) is 1. The molecule has 0 aliphatic carbocycles. The second-order valence-corrected chi connectivity index (χ2v) is 9.63. The molecule has 1 aliphatic rings. The van der Waals surface area contributed by atoms with Crippen molar-refractivity contribution in [2.45, 2.75) is 37.1 Å². The third kappa shape index (κ3) is 4.14. The highest BCUT2D eigenvalue weighted by Crippen LogP contribution is 2.29. The van der Waals surface area contributed by atoms with Crippen LogP contribution in [-0.2, 0) is 26.6 Å². The van der Waals surface area contributed by atoms with Crippen molar-refractivity contribution in [3.05, 3.63) is 65.2 Å². The summed E-state index contributed by atoms with van der Waals surface area (Å²) in [6.07, 6.45) is 3.01. The average Bonchev–Trinajstić information content (AvgIpc) is 2.92. The number of carbonyl (C=O) groups is 3. The predicted octanol–water partition coefficient (Wildman–Crippen LogP) is 2.69. The van der Waals surface area contributed by atoms with E-state index in [1.165, 1.54) is 31.2 Å². The monoisotopic (exact) mass is 428 g/mol. The summed E-state index contributed by atoms with van der Waals surface area (Å²) in [5, 5.41) is 2.62. The molecular formula is C22H24N2O5S. The Kier molecular flexibility index (Phi) is 5.81. The van der Waals surface area contributed by atoms with E-state index in [1.54, 1.807) is 12.1 Å². The lowest BCUT2D eigenvalue weighted by Crippen LogP contribution is -2.41. The quantitative estimate of drug-likeness (QED) is 0.540. The Bertz CT molecular complexity index is 1090. The van der Waals surface area contributed by atoms with Crippen molar-refractivity contribution in [1.82, 2.24) is 10.2 Å². The number of benzene rings is 2. The molecule has 1 aliphatic heterocycles. The summed E-state index contributed by atoms with van der Waals surface area (Å²) in [6.45, 7) is 3.24. The van der Waals surface area contributed by atoms with Gasteiger partial charge < -0.3 is 5.32 Å². The summed E-state index contributed by atoms with van der Waals surface area (Å²) in [5.74, 6) is -0.895. The summed E-state index contributed by atoms with van der Waals surface area (Å²) in [4.78, 5) is 39.1. The number of nitrogens with one attached hydrogen (secondary N) is 1. The number of nitrogens with zero attached hydrogens (tertiary/aromatic N) is 1. The molecule has 3 amide bonds. The second kappa shape index (κ2) is 8.02. The van der Waals surface area contributed by atoms with E-state index < -0.39 is 27.3 Å². The maximum Gasteiger partial charge on any atom is 0.325 e. The highest BCUT2D eigenvalue weighted by molar-refractivity contribution is 7.90. The van der Waals surface area contributed by atoms with Gasteiger partial charge in [-0.15, -0.1) is 0 Å². The lowest BCUT2D eigenvalue weighted by atomic mass is 9.92. The molecule has 3 rings (SSSR count). The van der Waals surface area contributed by atoms with Gasteiger partial charge in [-0.2, -0.15) is 0 Å². The zero-order valence-corrected chi connectivity index (χ0v) is 18.0. The molecule has 1 atom stereocenters. The number of aryl methyl sites for hydroxylation is 1. The molecule has 158 valence electrons.